The first kappa shape index (κ1) is 16.9. The largest absolute Gasteiger partial charge is 0.383 e. The van der Waals surface area contributed by atoms with Gasteiger partial charge in [0.2, 0.25) is 11.8 Å². The maximum atomic E-state index is 14.1. The van der Waals surface area contributed by atoms with E-state index in [4.69, 9.17) is 5.73 Å². The Balaban J connectivity index is 1.75. The number of hydrogen-bond acceptors (Lipinski definition) is 5. The number of nitrogen functional groups attached to an aromatic ring is 1. The number of carbonyl (C=O) groups excluding carboxylic acids is 2. The Morgan fingerprint density at radius 2 is 1.89 bits per heavy atom. The van der Waals surface area contributed by atoms with Crippen LogP contribution in [0.3, 0.4) is 0 Å². The highest BCUT2D eigenvalue weighted by Crippen LogP contribution is 2.38. The van der Waals surface area contributed by atoms with E-state index in [1.807, 2.05) is 0 Å². The average Bonchev–Trinajstić information content (AvgIpc) is 3.11. The van der Waals surface area contributed by atoms with Gasteiger partial charge in [-0.2, -0.15) is 9.78 Å². The topological polar surface area (TPSA) is 94.1 Å². The van der Waals surface area contributed by atoms with Gasteiger partial charge in [0.25, 0.3) is 0 Å². The van der Waals surface area contributed by atoms with E-state index in [-0.39, 0.29) is 17.9 Å². The normalized spacial score (nSPS) is 17.0. The summed E-state index contributed by atoms with van der Waals surface area (Å²) in [6, 6.07) is 11.0. The van der Waals surface area contributed by atoms with Crippen molar-refractivity contribution in [1.29, 1.82) is 0 Å². The van der Waals surface area contributed by atoms with E-state index in [0.29, 0.717) is 17.1 Å². The molecule has 1 fully saturated rings. The van der Waals surface area contributed by atoms with Crippen molar-refractivity contribution >= 4 is 23.3 Å². The molecule has 4 rings (SSSR count). The predicted molar refractivity (Wildman–Crippen MR) is 96.8 cm³/mol. The molecule has 0 spiro atoms. The molecule has 2 N–H and O–H groups in total. The number of benzene rings is 1. The third-order valence-electron chi connectivity index (χ3n) is 4.60. The van der Waals surface area contributed by atoms with Crippen molar-refractivity contribution in [3.8, 4) is 5.82 Å². The summed E-state index contributed by atoms with van der Waals surface area (Å²) in [7, 11) is 0. The second kappa shape index (κ2) is 6.31. The Bertz CT molecular complexity index is 1050. The molecular weight excluding hydrogens is 349 g/mol. The minimum Gasteiger partial charge on any atom is -0.383 e. The molecular formula is C19H16FN5O2. The van der Waals surface area contributed by atoms with E-state index in [1.54, 1.807) is 37.4 Å². The monoisotopic (exact) mass is 365 g/mol. The third kappa shape index (κ3) is 2.66. The fourth-order valence-corrected chi connectivity index (χ4v) is 3.39. The van der Waals surface area contributed by atoms with Gasteiger partial charge >= 0.3 is 0 Å². The number of nitrogens with zero attached hydrogens (tertiary/aromatic N) is 4. The lowest BCUT2D eigenvalue weighted by molar-refractivity contribution is -0.121. The number of para-hydroxylation sites is 1. The van der Waals surface area contributed by atoms with E-state index >= 15 is 0 Å². The van der Waals surface area contributed by atoms with Crippen molar-refractivity contribution in [1.82, 2.24) is 14.8 Å². The van der Waals surface area contributed by atoms with Gasteiger partial charge in [-0.3, -0.25) is 9.59 Å². The molecule has 7 nitrogen and oxygen atoms in total. The summed E-state index contributed by atoms with van der Waals surface area (Å²) in [5.41, 5.74) is 7.19. The molecule has 8 heteroatoms. The molecule has 1 aliphatic heterocycles. The van der Waals surface area contributed by atoms with Crippen molar-refractivity contribution in [2.45, 2.75) is 19.3 Å². The van der Waals surface area contributed by atoms with Gasteiger partial charge in [-0.05, 0) is 31.2 Å². The van der Waals surface area contributed by atoms with E-state index < -0.39 is 23.5 Å². The molecule has 0 saturated carbocycles. The predicted octanol–water partition coefficient (Wildman–Crippen LogP) is 2.34. The van der Waals surface area contributed by atoms with Crippen LogP contribution in [0.25, 0.3) is 5.82 Å². The molecule has 2 amide bonds. The quantitative estimate of drug-likeness (QED) is 0.719. The molecule has 27 heavy (non-hydrogen) atoms. The SMILES string of the molecule is Cc1nn(-c2ccccn2)c(N)c1[C@H]1CC(=O)N(c2ccccc2F)C1=O. The first-order valence-electron chi connectivity index (χ1n) is 8.36. The lowest BCUT2D eigenvalue weighted by Gasteiger charge is -2.15. The lowest BCUT2D eigenvalue weighted by Crippen LogP contribution is -2.31. The van der Waals surface area contributed by atoms with Gasteiger partial charge in [-0.15, -0.1) is 0 Å². The second-order valence-corrected chi connectivity index (χ2v) is 6.26. The van der Waals surface area contributed by atoms with Crippen molar-refractivity contribution in [3.63, 3.8) is 0 Å². The number of aryl methyl sites for hydroxylation is 1. The van der Waals surface area contributed by atoms with Crippen LogP contribution in [0, 0.1) is 12.7 Å². The first-order valence-corrected chi connectivity index (χ1v) is 8.36. The number of nitrogens with two attached hydrogens (primary N) is 1. The molecule has 3 heterocycles. The maximum Gasteiger partial charge on any atom is 0.242 e. The maximum absolute atomic E-state index is 14.1. The summed E-state index contributed by atoms with van der Waals surface area (Å²) >= 11 is 0. The van der Waals surface area contributed by atoms with Crippen molar-refractivity contribution in [3.05, 3.63) is 65.7 Å². The van der Waals surface area contributed by atoms with Crippen LogP contribution in [-0.2, 0) is 9.59 Å². The number of halogens is 1. The molecule has 0 bridgehead atoms. The van der Waals surface area contributed by atoms with Crippen LogP contribution < -0.4 is 10.6 Å². The standard InChI is InChI=1S/C19H16FN5O2/c1-11-17(18(21)25(23-11)15-8-4-5-9-22-15)12-10-16(26)24(19(12)27)14-7-3-2-6-13(14)20/h2-9,12H,10,21H2,1H3/t12-/m1/s1. The summed E-state index contributed by atoms with van der Waals surface area (Å²) in [6.07, 6.45) is 1.52. The molecule has 3 aromatic rings. The van der Waals surface area contributed by atoms with Crippen LogP contribution in [-0.4, -0.2) is 26.6 Å². The fraction of sp³-hybridized carbons (Fsp3) is 0.158. The molecule has 0 radical (unpaired) electrons. The summed E-state index contributed by atoms with van der Waals surface area (Å²) in [6.45, 7) is 1.72. The van der Waals surface area contributed by atoms with Crippen molar-refractivity contribution in [2.75, 3.05) is 10.6 Å². The second-order valence-electron chi connectivity index (χ2n) is 6.26. The number of amides is 2. The summed E-state index contributed by atoms with van der Waals surface area (Å²) in [5.74, 6) is -1.68. The number of imide groups is 1. The molecule has 1 saturated heterocycles. The number of carbonyl (C=O) groups is 2. The smallest absolute Gasteiger partial charge is 0.242 e. The molecule has 0 unspecified atom stereocenters. The van der Waals surface area contributed by atoms with Gasteiger partial charge in [0.1, 0.15) is 11.6 Å². The van der Waals surface area contributed by atoms with Crippen LogP contribution in [0.1, 0.15) is 23.6 Å². The Morgan fingerprint density at radius 3 is 2.59 bits per heavy atom. The zero-order chi connectivity index (χ0) is 19.1. The van der Waals surface area contributed by atoms with Crippen LogP contribution in [0.4, 0.5) is 15.9 Å². The molecule has 1 atom stereocenters. The molecule has 136 valence electrons. The Labute approximate surface area is 154 Å². The number of aromatic nitrogens is 3. The molecule has 2 aromatic heterocycles. The highest BCUT2D eigenvalue weighted by molar-refractivity contribution is 6.23. The van der Waals surface area contributed by atoms with E-state index in [0.717, 1.165) is 4.90 Å². The summed E-state index contributed by atoms with van der Waals surface area (Å²) in [5, 5.41) is 4.37. The van der Waals surface area contributed by atoms with E-state index in [1.165, 1.54) is 22.9 Å². The van der Waals surface area contributed by atoms with Crippen molar-refractivity contribution in [2.24, 2.45) is 0 Å². The first-order chi connectivity index (χ1) is 13.0. The highest BCUT2D eigenvalue weighted by atomic mass is 19.1. The number of hydrogen-bond donors (Lipinski definition) is 1. The average molecular weight is 365 g/mol. The van der Waals surface area contributed by atoms with Gasteiger partial charge in [0.05, 0.1) is 17.3 Å². The molecule has 1 aliphatic rings. The van der Waals surface area contributed by atoms with Gasteiger partial charge in [-0.25, -0.2) is 14.3 Å². The molecule has 0 aliphatic carbocycles. The Hall–Kier alpha value is -3.55. The van der Waals surface area contributed by atoms with Crippen LogP contribution >= 0.6 is 0 Å². The van der Waals surface area contributed by atoms with Gasteiger partial charge in [-0.1, -0.05) is 18.2 Å². The zero-order valence-electron chi connectivity index (χ0n) is 14.5. The Kier molecular flexibility index (Phi) is 3.95. The van der Waals surface area contributed by atoms with E-state index in [9.17, 15) is 14.0 Å². The van der Waals surface area contributed by atoms with Crippen LogP contribution in [0.5, 0.6) is 0 Å². The fourth-order valence-electron chi connectivity index (χ4n) is 3.39. The number of anilines is 2. The van der Waals surface area contributed by atoms with Gasteiger partial charge in [0.15, 0.2) is 5.82 Å². The van der Waals surface area contributed by atoms with E-state index in [2.05, 4.69) is 10.1 Å². The minimum atomic E-state index is -0.811. The summed E-state index contributed by atoms with van der Waals surface area (Å²) in [4.78, 5) is 30.5. The zero-order valence-corrected chi connectivity index (χ0v) is 14.5. The number of pyridine rings is 1. The van der Waals surface area contributed by atoms with Crippen LogP contribution in [0.2, 0.25) is 0 Å². The van der Waals surface area contributed by atoms with Crippen LogP contribution in [0.15, 0.2) is 48.7 Å². The van der Waals surface area contributed by atoms with Crippen molar-refractivity contribution < 1.29 is 14.0 Å². The highest BCUT2D eigenvalue weighted by Gasteiger charge is 2.43. The van der Waals surface area contributed by atoms with Gasteiger partial charge < -0.3 is 5.73 Å². The number of rotatable bonds is 3. The van der Waals surface area contributed by atoms with Gasteiger partial charge in [0, 0.05) is 18.2 Å². The Morgan fingerprint density at radius 1 is 1.15 bits per heavy atom. The molecule has 1 aromatic carbocycles. The summed E-state index contributed by atoms with van der Waals surface area (Å²) < 4.78 is 15.5. The third-order valence-corrected chi connectivity index (χ3v) is 4.60. The lowest BCUT2D eigenvalue weighted by atomic mass is 9.97. The minimum absolute atomic E-state index is 0.0525.